The zero-order valence-electron chi connectivity index (χ0n) is 16.8. The molecule has 0 bridgehead atoms. The van der Waals surface area contributed by atoms with Crippen LogP contribution in [0.15, 0.2) is 36.4 Å². The summed E-state index contributed by atoms with van der Waals surface area (Å²) in [5.41, 5.74) is 3.04. The van der Waals surface area contributed by atoms with E-state index in [1.165, 1.54) is 13.2 Å². The summed E-state index contributed by atoms with van der Waals surface area (Å²) in [6.07, 6.45) is 1.89. The van der Waals surface area contributed by atoms with Crippen LogP contribution < -0.4 is 14.2 Å². The fraction of sp³-hybridized carbons (Fsp3) is 0.409. The zero-order valence-corrected chi connectivity index (χ0v) is 16.8. The fourth-order valence-electron chi connectivity index (χ4n) is 3.04. The minimum Gasteiger partial charge on any atom is -0.493 e. The van der Waals surface area contributed by atoms with Gasteiger partial charge in [0.1, 0.15) is 5.75 Å². The van der Waals surface area contributed by atoms with Crippen LogP contribution in [-0.2, 0) is 11.3 Å². The Bertz CT molecular complexity index is 868. The monoisotopic (exact) mass is 405 g/mol. The van der Waals surface area contributed by atoms with E-state index in [-0.39, 0.29) is 30.1 Å². The molecule has 1 aliphatic rings. The number of nitrogens with zero attached hydrogens (tertiary/aromatic N) is 1. The first-order valence-corrected chi connectivity index (χ1v) is 9.48. The topological polar surface area (TPSA) is 48.0 Å². The summed E-state index contributed by atoms with van der Waals surface area (Å²) in [5.74, 6) is 0.718. The van der Waals surface area contributed by atoms with Gasteiger partial charge in [0.2, 0.25) is 0 Å². The van der Waals surface area contributed by atoms with Crippen LogP contribution in [0, 0.1) is 13.8 Å². The summed E-state index contributed by atoms with van der Waals surface area (Å²) in [6, 6.07) is 10.6. The lowest BCUT2D eigenvalue weighted by Crippen LogP contribution is -2.36. The van der Waals surface area contributed by atoms with E-state index in [4.69, 9.17) is 9.47 Å². The number of alkyl halides is 2. The Hall–Kier alpha value is -2.83. The molecule has 29 heavy (non-hydrogen) atoms. The van der Waals surface area contributed by atoms with Crippen molar-refractivity contribution >= 4 is 5.91 Å². The largest absolute Gasteiger partial charge is 0.493 e. The maximum atomic E-state index is 12.8. The number of hydrogen-bond donors (Lipinski definition) is 0. The Labute approximate surface area is 169 Å². The van der Waals surface area contributed by atoms with Crippen LogP contribution >= 0.6 is 0 Å². The molecule has 1 saturated carbocycles. The minimum absolute atomic E-state index is 0.0337. The molecule has 0 aliphatic heterocycles. The van der Waals surface area contributed by atoms with Crippen LogP contribution in [0.3, 0.4) is 0 Å². The lowest BCUT2D eigenvalue weighted by Gasteiger charge is -2.23. The molecule has 7 heteroatoms. The van der Waals surface area contributed by atoms with Crippen molar-refractivity contribution in [3.05, 3.63) is 53.1 Å². The number of aryl methyl sites for hydroxylation is 2. The van der Waals surface area contributed by atoms with Gasteiger partial charge in [-0.2, -0.15) is 8.78 Å². The highest BCUT2D eigenvalue weighted by atomic mass is 19.3. The molecule has 5 nitrogen and oxygen atoms in total. The molecule has 3 rings (SSSR count). The van der Waals surface area contributed by atoms with Gasteiger partial charge in [-0.15, -0.1) is 0 Å². The van der Waals surface area contributed by atoms with Gasteiger partial charge >= 0.3 is 6.61 Å². The van der Waals surface area contributed by atoms with Crippen molar-refractivity contribution in [1.82, 2.24) is 4.90 Å². The van der Waals surface area contributed by atoms with Crippen molar-refractivity contribution < 1.29 is 27.8 Å². The molecule has 2 aromatic rings. The smallest absolute Gasteiger partial charge is 0.387 e. The van der Waals surface area contributed by atoms with Gasteiger partial charge in [-0.05, 0) is 67.6 Å². The van der Waals surface area contributed by atoms with E-state index >= 15 is 0 Å². The summed E-state index contributed by atoms with van der Waals surface area (Å²) in [6.45, 7) is 1.38. The highest BCUT2D eigenvalue weighted by Gasteiger charge is 2.33. The molecule has 0 atom stereocenters. The van der Waals surface area contributed by atoms with E-state index in [9.17, 15) is 13.6 Å². The number of carbonyl (C=O) groups excluding carboxylic acids is 1. The third-order valence-electron chi connectivity index (χ3n) is 4.95. The van der Waals surface area contributed by atoms with Gasteiger partial charge in [0.05, 0.1) is 7.11 Å². The third kappa shape index (κ3) is 5.59. The molecule has 0 aromatic heterocycles. The van der Waals surface area contributed by atoms with E-state index in [1.807, 2.05) is 32.0 Å². The number of amides is 1. The highest BCUT2D eigenvalue weighted by Crippen LogP contribution is 2.32. The van der Waals surface area contributed by atoms with E-state index in [1.54, 1.807) is 17.0 Å². The molecule has 1 aliphatic carbocycles. The van der Waals surface area contributed by atoms with Gasteiger partial charge in [0.25, 0.3) is 5.91 Å². The first-order valence-electron chi connectivity index (χ1n) is 9.48. The number of benzene rings is 2. The summed E-state index contributed by atoms with van der Waals surface area (Å²) < 4.78 is 40.3. The number of rotatable bonds is 9. The van der Waals surface area contributed by atoms with Crippen LogP contribution in [-0.4, -0.2) is 37.2 Å². The van der Waals surface area contributed by atoms with Gasteiger partial charge in [0.15, 0.2) is 18.1 Å². The maximum absolute atomic E-state index is 12.8. The van der Waals surface area contributed by atoms with E-state index in [2.05, 4.69) is 4.74 Å². The molecule has 1 amide bonds. The third-order valence-corrected chi connectivity index (χ3v) is 4.95. The first-order chi connectivity index (χ1) is 13.9. The van der Waals surface area contributed by atoms with Gasteiger partial charge in [-0.25, -0.2) is 0 Å². The second kappa shape index (κ2) is 9.11. The van der Waals surface area contributed by atoms with Gasteiger partial charge in [0, 0.05) is 12.6 Å². The summed E-state index contributed by atoms with van der Waals surface area (Å²) >= 11 is 0. The Kier molecular flexibility index (Phi) is 6.56. The van der Waals surface area contributed by atoms with E-state index < -0.39 is 6.61 Å². The van der Waals surface area contributed by atoms with Crippen molar-refractivity contribution in [2.45, 2.75) is 45.9 Å². The Balaban J connectivity index is 1.66. The number of carbonyl (C=O) groups is 1. The molecular weight excluding hydrogens is 380 g/mol. The van der Waals surface area contributed by atoms with Crippen molar-refractivity contribution in [2.24, 2.45) is 0 Å². The summed E-state index contributed by atoms with van der Waals surface area (Å²) in [7, 11) is 1.39. The van der Waals surface area contributed by atoms with Crippen molar-refractivity contribution in [2.75, 3.05) is 13.7 Å². The fourth-order valence-corrected chi connectivity index (χ4v) is 3.04. The standard InChI is InChI=1S/C22H25F2NO4/c1-14-4-8-18(10-15(14)2)28-13-21(26)25(17-6-7-17)12-16-5-9-19(29-22(23)24)20(11-16)27-3/h4-5,8-11,17,22H,6-7,12-13H2,1-3H3. The molecule has 2 aromatic carbocycles. The van der Waals surface area contributed by atoms with Crippen molar-refractivity contribution in [3.8, 4) is 17.2 Å². The Morgan fingerprint density at radius 2 is 1.86 bits per heavy atom. The average Bonchev–Trinajstić information content (AvgIpc) is 3.52. The summed E-state index contributed by atoms with van der Waals surface area (Å²) in [5, 5.41) is 0. The Morgan fingerprint density at radius 1 is 1.10 bits per heavy atom. The predicted octanol–water partition coefficient (Wildman–Crippen LogP) is 4.48. The first kappa shape index (κ1) is 20.9. The molecule has 0 unspecified atom stereocenters. The van der Waals surface area contributed by atoms with Crippen LogP contribution in [0.25, 0.3) is 0 Å². The summed E-state index contributed by atoms with van der Waals surface area (Å²) in [4.78, 5) is 14.5. The predicted molar refractivity (Wildman–Crippen MR) is 105 cm³/mol. The SMILES string of the molecule is COc1cc(CN(C(=O)COc2ccc(C)c(C)c2)C2CC2)ccc1OC(F)F. The molecule has 0 spiro atoms. The lowest BCUT2D eigenvalue weighted by molar-refractivity contribution is -0.134. The van der Waals surface area contributed by atoms with Crippen LogP contribution in [0.4, 0.5) is 8.78 Å². The quantitative estimate of drug-likeness (QED) is 0.617. The van der Waals surface area contributed by atoms with E-state index in [0.29, 0.717) is 12.3 Å². The number of hydrogen-bond acceptors (Lipinski definition) is 4. The Morgan fingerprint density at radius 3 is 2.48 bits per heavy atom. The molecule has 1 fully saturated rings. The average molecular weight is 405 g/mol. The second-order valence-electron chi connectivity index (χ2n) is 7.15. The molecule has 0 heterocycles. The second-order valence-corrected chi connectivity index (χ2v) is 7.15. The zero-order chi connectivity index (χ0) is 21.0. The molecule has 0 radical (unpaired) electrons. The van der Waals surface area contributed by atoms with Crippen LogP contribution in [0.2, 0.25) is 0 Å². The van der Waals surface area contributed by atoms with Gasteiger partial charge < -0.3 is 19.1 Å². The highest BCUT2D eigenvalue weighted by molar-refractivity contribution is 5.78. The molecular formula is C22H25F2NO4. The number of methoxy groups -OCH3 is 1. The van der Waals surface area contributed by atoms with Crippen LogP contribution in [0.1, 0.15) is 29.5 Å². The normalized spacial score (nSPS) is 13.3. The minimum atomic E-state index is -2.93. The molecule has 0 saturated heterocycles. The van der Waals surface area contributed by atoms with Gasteiger partial charge in [-0.1, -0.05) is 12.1 Å². The van der Waals surface area contributed by atoms with Crippen molar-refractivity contribution in [3.63, 3.8) is 0 Å². The van der Waals surface area contributed by atoms with E-state index in [0.717, 1.165) is 29.5 Å². The number of ether oxygens (including phenoxy) is 3. The maximum Gasteiger partial charge on any atom is 0.387 e. The number of halogens is 2. The van der Waals surface area contributed by atoms with Gasteiger partial charge in [-0.3, -0.25) is 4.79 Å². The lowest BCUT2D eigenvalue weighted by atomic mass is 10.1. The van der Waals surface area contributed by atoms with Crippen molar-refractivity contribution in [1.29, 1.82) is 0 Å². The molecule has 156 valence electrons. The van der Waals surface area contributed by atoms with Crippen LogP contribution in [0.5, 0.6) is 17.2 Å². The molecule has 0 N–H and O–H groups in total.